The second kappa shape index (κ2) is 8.14. The quantitative estimate of drug-likeness (QED) is 0.604. The summed E-state index contributed by atoms with van der Waals surface area (Å²) in [4.78, 5) is 22.8. The molecule has 1 aromatic heterocycles. The van der Waals surface area contributed by atoms with Gasteiger partial charge in [-0.25, -0.2) is 0 Å². The minimum absolute atomic E-state index is 0.00652. The number of nitrogens with one attached hydrogen (secondary N) is 1. The zero-order valence-electron chi connectivity index (χ0n) is 15.8. The molecule has 2 aromatic rings. The average molecular weight is 359 g/mol. The normalized spacial score (nSPS) is 12.2. The van der Waals surface area contributed by atoms with E-state index in [1.54, 1.807) is 38.4 Å². The summed E-state index contributed by atoms with van der Waals surface area (Å²) in [6, 6.07) is 6.69. The molecule has 2 rings (SSSR count). The van der Waals surface area contributed by atoms with Crippen LogP contribution in [0.15, 0.2) is 35.3 Å². The van der Waals surface area contributed by atoms with Crippen LogP contribution < -0.4 is 10.9 Å². The molecule has 7 nitrogen and oxygen atoms in total. The van der Waals surface area contributed by atoms with Crippen LogP contribution >= 0.6 is 0 Å². The molecule has 1 heterocycles. The first-order valence-electron chi connectivity index (χ1n) is 8.54. The molecule has 0 spiro atoms. The molecule has 0 radical (unpaired) electrons. The molecule has 1 N–H and O–H groups in total. The zero-order valence-corrected chi connectivity index (χ0v) is 15.8. The average Bonchev–Trinajstić information content (AvgIpc) is 2.56. The summed E-state index contributed by atoms with van der Waals surface area (Å²) in [7, 11) is 1.69. The Morgan fingerprint density at radius 1 is 1.23 bits per heavy atom. The van der Waals surface area contributed by atoms with E-state index in [1.165, 1.54) is 10.6 Å². The van der Waals surface area contributed by atoms with Crippen molar-refractivity contribution in [2.45, 2.75) is 39.9 Å². The van der Waals surface area contributed by atoms with E-state index in [9.17, 15) is 14.9 Å². The Kier molecular flexibility index (Phi) is 6.15. The highest BCUT2D eigenvalue weighted by atomic mass is 16.6. The third-order valence-corrected chi connectivity index (χ3v) is 3.97. The Balaban J connectivity index is 2.36. The van der Waals surface area contributed by atoms with E-state index in [-0.39, 0.29) is 23.5 Å². The Bertz CT molecular complexity index is 832. The molecular weight excluding hydrogens is 334 g/mol. The highest BCUT2D eigenvalue weighted by Gasteiger charge is 2.16. The van der Waals surface area contributed by atoms with E-state index in [1.807, 2.05) is 20.8 Å². The molecule has 0 saturated carbocycles. The molecule has 0 aliphatic heterocycles. The van der Waals surface area contributed by atoms with Crippen LogP contribution in [-0.4, -0.2) is 28.2 Å². The fraction of sp³-hybridized carbons (Fsp3) is 0.421. The molecule has 0 amide bonds. The number of nitro groups is 1. The maximum absolute atomic E-state index is 11.9. The van der Waals surface area contributed by atoms with Crippen LogP contribution in [0.5, 0.6) is 0 Å². The van der Waals surface area contributed by atoms with Crippen molar-refractivity contribution in [3.8, 4) is 11.1 Å². The van der Waals surface area contributed by atoms with Gasteiger partial charge in [-0.2, -0.15) is 0 Å². The second-order valence-electron chi connectivity index (χ2n) is 6.69. The van der Waals surface area contributed by atoms with Gasteiger partial charge in [0.2, 0.25) is 0 Å². The lowest BCUT2D eigenvalue weighted by Crippen LogP contribution is -2.23. The number of nitro benzene ring substituents is 1. The molecule has 26 heavy (non-hydrogen) atoms. The van der Waals surface area contributed by atoms with Crippen molar-refractivity contribution >= 4 is 11.4 Å². The predicted molar refractivity (Wildman–Crippen MR) is 103 cm³/mol. The Labute approximate surface area is 152 Å². The summed E-state index contributed by atoms with van der Waals surface area (Å²) >= 11 is 0. The molecular formula is C19H25N3O4. The number of aryl methyl sites for hydroxylation is 2. The van der Waals surface area contributed by atoms with E-state index in [0.29, 0.717) is 17.8 Å². The number of pyridine rings is 1. The van der Waals surface area contributed by atoms with Crippen molar-refractivity contribution in [3.63, 3.8) is 0 Å². The number of benzene rings is 1. The van der Waals surface area contributed by atoms with Crippen molar-refractivity contribution in [1.82, 2.24) is 4.57 Å². The van der Waals surface area contributed by atoms with Gasteiger partial charge in [-0.05, 0) is 57.0 Å². The molecule has 0 aliphatic rings. The van der Waals surface area contributed by atoms with Gasteiger partial charge in [-0.15, -0.1) is 0 Å². The smallest absolute Gasteiger partial charge is 0.292 e. The Hall–Kier alpha value is -2.67. The largest absolute Gasteiger partial charge is 0.377 e. The van der Waals surface area contributed by atoms with Crippen LogP contribution in [-0.2, 0) is 11.8 Å². The summed E-state index contributed by atoms with van der Waals surface area (Å²) in [6.07, 6.45) is 1.73. The first kappa shape index (κ1) is 19.7. The molecule has 1 aromatic carbocycles. The zero-order chi connectivity index (χ0) is 19.4. The van der Waals surface area contributed by atoms with E-state index < -0.39 is 4.92 Å². The summed E-state index contributed by atoms with van der Waals surface area (Å²) in [6.45, 7) is 8.01. The number of hydrogen-bond acceptors (Lipinski definition) is 5. The van der Waals surface area contributed by atoms with E-state index in [4.69, 9.17) is 4.74 Å². The Morgan fingerprint density at radius 2 is 1.92 bits per heavy atom. The van der Waals surface area contributed by atoms with Crippen LogP contribution in [0.4, 0.5) is 11.4 Å². The number of rotatable bonds is 7. The van der Waals surface area contributed by atoms with Crippen molar-refractivity contribution in [2.24, 2.45) is 7.05 Å². The molecule has 1 atom stereocenters. The van der Waals surface area contributed by atoms with E-state index in [0.717, 1.165) is 11.1 Å². The maximum Gasteiger partial charge on any atom is 0.292 e. The highest BCUT2D eigenvalue weighted by molar-refractivity contribution is 5.74. The van der Waals surface area contributed by atoms with Gasteiger partial charge in [0, 0.05) is 31.4 Å². The molecule has 140 valence electrons. The molecule has 7 heteroatoms. The summed E-state index contributed by atoms with van der Waals surface area (Å²) in [5.41, 5.74) is 2.62. The SMILES string of the molecule is Cc1cc(-c2ccc([N+](=O)[O-])c(NCC(C)OC(C)C)c2)cn(C)c1=O. The fourth-order valence-electron chi connectivity index (χ4n) is 2.82. The lowest BCUT2D eigenvalue weighted by molar-refractivity contribution is -0.383. The minimum Gasteiger partial charge on any atom is -0.377 e. The van der Waals surface area contributed by atoms with Crippen LogP contribution in [0.1, 0.15) is 26.3 Å². The molecule has 1 unspecified atom stereocenters. The van der Waals surface area contributed by atoms with E-state index >= 15 is 0 Å². The molecule has 0 fully saturated rings. The van der Waals surface area contributed by atoms with Crippen molar-refractivity contribution in [3.05, 3.63) is 56.5 Å². The first-order valence-corrected chi connectivity index (χ1v) is 8.54. The lowest BCUT2D eigenvalue weighted by atomic mass is 10.0. The van der Waals surface area contributed by atoms with Crippen molar-refractivity contribution < 1.29 is 9.66 Å². The summed E-state index contributed by atoms with van der Waals surface area (Å²) in [5, 5.41) is 14.4. The number of ether oxygens (including phenoxy) is 1. The van der Waals surface area contributed by atoms with Gasteiger partial charge in [0.05, 0.1) is 17.1 Å². The van der Waals surface area contributed by atoms with E-state index in [2.05, 4.69) is 5.32 Å². The van der Waals surface area contributed by atoms with Gasteiger partial charge in [0.15, 0.2) is 0 Å². The van der Waals surface area contributed by atoms with Gasteiger partial charge >= 0.3 is 0 Å². The summed E-state index contributed by atoms with van der Waals surface area (Å²) < 4.78 is 7.17. The third-order valence-electron chi connectivity index (χ3n) is 3.97. The topological polar surface area (TPSA) is 86.4 Å². The van der Waals surface area contributed by atoms with Gasteiger partial charge in [-0.3, -0.25) is 14.9 Å². The van der Waals surface area contributed by atoms with Crippen molar-refractivity contribution in [2.75, 3.05) is 11.9 Å². The molecule has 0 bridgehead atoms. The number of anilines is 1. The van der Waals surface area contributed by atoms with Crippen LogP contribution in [0.25, 0.3) is 11.1 Å². The monoisotopic (exact) mass is 359 g/mol. The maximum atomic E-state index is 11.9. The predicted octanol–water partition coefficient (Wildman–Crippen LogP) is 3.49. The van der Waals surface area contributed by atoms with Gasteiger partial charge in [-0.1, -0.05) is 0 Å². The van der Waals surface area contributed by atoms with Gasteiger partial charge in [0.25, 0.3) is 11.2 Å². The third kappa shape index (κ3) is 4.70. The fourth-order valence-corrected chi connectivity index (χ4v) is 2.82. The second-order valence-corrected chi connectivity index (χ2v) is 6.69. The molecule has 0 aliphatic carbocycles. The van der Waals surface area contributed by atoms with Crippen LogP contribution in [0, 0.1) is 17.0 Å². The lowest BCUT2D eigenvalue weighted by Gasteiger charge is -2.17. The van der Waals surface area contributed by atoms with Gasteiger partial charge < -0.3 is 14.6 Å². The summed E-state index contributed by atoms with van der Waals surface area (Å²) in [5.74, 6) is 0. The molecule has 0 saturated heterocycles. The number of nitrogens with zero attached hydrogens (tertiary/aromatic N) is 2. The van der Waals surface area contributed by atoms with Crippen LogP contribution in [0.2, 0.25) is 0 Å². The van der Waals surface area contributed by atoms with Crippen molar-refractivity contribution in [1.29, 1.82) is 0 Å². The number of aromatic nitrogens is 1. The highest BCUT2D eigenvalue weighted by Crippen LogP contribution is 2.30. The minimum atomic E-state index is -0.411. The van der Waals surface area contributed by atoms with Crippen LogP contribution in [0.3, 0.4) is 0 Å². The Morgan fingerprint density at radius 3 is 2.50 bits per heavy atom. The van der Waals surface area contributed by atoms with Gasteiger partial charge in [0.1, 0.15) is 5.69 Å². The standard InChI is InChI=1S/C19H25N3O4/c1-12(2)26-14(4)10-20-17-9-15(6-7-18(17)22(24)25)16-8-13(3)19(23)21(5)11-16/h6-9,11-12,14,20H,10H2,1-5H3. The first-order chi connectivity index (χ1) is 12.2. The number of hydrogen-bond donors (Lipinski definition) is 1.